The molecule has 2 heterocycles. The molecule has 0 unspecified atom stereocenters. The summed E-state index contributed by atoms with van der Waals surface area (Å²) in [7, 11) is -3.60. The average Bonchev–Trinajstić information content (AvgIpc) is 3.22. The first-order chi connectivity index (χ1) is 14.1. The molecule has 144 valence electrons. The highest BCUT2D eigenvalue weighted by Crippen LogP contribution is 2.70. The molecule has 4 atom stereocenters. The second kappa shape index (κ2) is 5.91. The van der Waals surface area contributed by atoms with Crippen molar-refractivity contribution in [2.75, 3.05) is 0 Å². The predicted octanol–water partition coefficient (Wildman–Crippen LogP) is 5.25. The van der Waals surface area contributed by atoms with Crippen molar-refractivity contribution in [3.8, 4) is 0 Å². The molecule has 1 saturated heterocycles. The Balaban J connectivity index is 1.56. The Morgan fingerprint density at radius 2 is 1.31 bits per heavy atom. The molecule has 6 rings (SSSR count). The number of sulfone groups is 1. The number of fused-ring (bicyclic) bond motifs is 8. The first-order valence-electron chi connectivity index (χ1n) is 9.93. The second-order valence-corrected chi connectivity index (χ2v) is 10.0. The number of benzene rings is 3. The van der Waals surface area contributed by atoms with E-state index in [1.165, 1.54) is 5.56 Å². The van der Waals surface area contributed by atoms with Gasteiger partial charge in [-0.3, -0.25) is 0 Å². The van der Waals surface area contributed by atoms with Gasteiger partial charge in [0.05, 0.1) is 22.0 Å². The van der Waals surface area contributed by atoms with E-state index >= 15 is 0 Å². The van der Waals surface area contributed by atoms with E-state index in [0.29, 0.717) is 9.80 Å². The van der Waals surface area contributed by atoms with Gasteiger partial charge in [-0.25, -0.2) is 8.42 Å². The van der Waals surface area contributed by atoms with Crippen LogP contribution in [0.5, 0.6) is 0 Å². The number of aryl methyl sites for hydroxylation is 1. The third kappa shape index (κ3) is 2.24. The fourth-order valence-corrected chi connectivity index (χ4v) is 7.19. The van der Waals surface area contributed by atoms with Gasteiger partial charge in [0, 0.05) is 11.8 Å². The van der Waals surface area contributed by atoms with Crippen LogP contribution in [-0.2, 0) is 14.6 Å². The minimum Gasteiger partial charge on any atom is -0.364 e. The van der Waals surface area contributed by atoms with E-state index in [1.807, 2.05) is 61.5 Å². The first-order valence-corrected chi connectivity index (χ1v) is 11.4. The molecule has 3 aromatic carbocycles. The minimum absolute atomic E-state index is 0.0617. The molecule has 2 aliphatic heterocycles. The van der Waals surface area contributed by atoms with Crippen molar-refractivity contribution in [3.05, 3.63) is 106 Å². The van der Waals surface area contributed by atoms with E-state index in [9.17, 15) is 8.42 Å². The summed E-state index contributed by atoms with van der Waals surface area (Å²) in [4.78, 5) is 0.903. The summed E-state index contributed by atoms with van der Waals surface area (Å²) in [6.45, 7) is 1.96. The van der Waals surface area contributed by atoms with Gasteiger partial charge in [-0.05, 0) is 41.3 Å². The Morgan fingerprint density at radius 1 is 0.724 bits per heavy atom. The molecule has 2 bridgehead atoms. The Bertz CT molecular complexity index is 1260. The number of hydrogen-bond acceptors (Lipinski definition) is 3. The minimum atomic E-state index is -3.60. The summed E-state index contributed by atoms with van der Waals surface area (Å²) in [6.07, 6.45) is -0.239. The Morgan fingerprint density at radius 3 is 1.97 bits per heavy atom. The van der Waals surface area contributed by atoms with Crippen molar-refractivity contribution in [1.29, 1.82) is 0 Å². The average molecular weight is 400 g/mol. The van der Waals surface area contributed by atoms with Gasteiger partial charge in [0.1, 0.15) is 0 Å². The summed E-state index contributed by atoms with van der Waals surface area (Å²) in [5.74, 6) is -0.0241. The number of rotatable bonds is 3. The van der Waals surface area contributed by atoms with Crippen LogP contribution in [0, 0.1) is 18.8 Å². The van der Waals surface area contributed by atoms with E-state index < -0.39 is 9.84 Å². The van der Waals surface area contributed by atoms with Crippen molar-refractivity contribution in [3.63, 3.8) is 0 Å². The van der Waals surface area contributed by atoms with Crippen molar-refractivity contribution >= 4 is 15.4 Å². The quantitative estimate of drug-likeness (QED) is 0.603. The Hall–Kier alpha value is -2.69. The Kier molecular flexibility index (Phi) is 3.50. The maximum Gasteiger partial charge on any atom is 0.203 e. The highest BCUT2D eigenvalue weighted by molar-refractivity contribution is 7.95. The molecule has 3 aliphatic rings. The third-order valence-corrected chi connectivity index (χ3v) is 8.51. The van der Waals surface area contributed by atoms with E-state index in [-0.39, 0.29) is 24.0 Å². The molecule has 0 spiro atoms. The summed E-state index contributed by atoms with van der Waals surface area (Å²) in [5.41, 5.74) is 5.30. The normalized spacial score (nSPS) is 26.8. The van der Waals surface area contributed by atoms with Crippen molar-refractivity contribution < 1.29 is 13.2 Å². The zero-order valence-corrected chi connectivity index (χ0v) is 16.8. The van der Waals surface area contributed by atoms with E-state index in [1.54, 1.807) is 12.1 Å². The van der Waals surface area contributed by atoms with Crippen LogP contribution < -0.4 is 0 Å². The lowest BCUT2D eigenvalue weighted by molar-refractivity contribution is 0.0624. The van der Waals surface area contributed by atoms with Crippen LogP contribution in [0.4, 0.5) is 0 Å². The lowest BCUT2D eigenvalue weighted by Crippen LogP contribution is -2.37. The van der Waals surface area contributed by atoms with Crippen LogP contribution in [0.25, 0.3) is 5.57 Å². The van der Waals surface area contributed by atoms with Gasteiger partial charge >= 0.3 is 0 Å². The highest BCUT2D eigenvalue weighted by Gasteiger charge is 2.63. The lowest BCUT2D eigenvalue weighted by atomic mass is 9.63. The molecule has 0 N–H and O–H groups in total. The summed E-state index contributed by atoms with van der Waals surface area (Å²) in [6, 6.07) is 25.3. The molecule has 0 saturated carbocycles. The standard InChI is InChI=1S/C25H20O3S/c1-15-11-13-17(14-12-15)29(26,27)25-20(16-7-3-2-4-8-16)21-22(25)24-19-10-6-5-9-18(19)23(21)28-24/h2-14,21-24H,1H3/t21-,22+,23+,24-/m1/s1. The van der Waals surface area contributed by atoms with Gasteiger partial charge in [0.2, 0.25) is 9.84 Å². The van der Waals surface area contributed by atoms with E-state index in [2.05, 4.69) is 12.1 Å². The molecule has 0 radical (unpaired) electrons. The third-order valence-electron chi connectivity index (χ3n) is 6.55. The highest BCUT2D eigenvalue weighted by atomic mass is 32.2. The van der Waals surface area contributed by atoms with Crippen LogP contribution in [0.15, 0.2) is 88.7 Å². The fraction of sp³-hybridized carbons (Fsp3) is 0.200. The fourth-order valence-electron chi connectivity index (χ4n) is 5.27. The predicted molar refractivity (Wildman–Crippen MR) is 112 cm³/mol. The molecule has 0 amide bonds. The van der Waals surface area contributed by atoms with Gasteiger partial charge in [-0.2, -0.15) is 0 Å². The zero-order valence-electron chi connectivity index (χ0n) is 15.9. The van der Waals surface area contributed by atoms with Gasteiger partial charge in [-0.1, -0.05) is 72.3 Å². The smallest absolute Gasteiger partial charge is 0.203 e. The molecule has 1 aliphatic carbocycles. The van der Waals surface area contributed by atoms with Gasteiger partial charge in [0.25, 0.3) is 0 Å². The number of hydrogen-bond donors (Lipinski definition) is 0. The summed E-state index contributed by atoms with van der Waals surface area (Å²) < 4.78 is 33.8. The van der Waals surface area contributed by atoms with Crippen LogP contribution in [0.1, 0.15) is 34.5 Å². The van der Waals surface area contributed by atoms with Crippen molar-refractivity contribution in [1.82, 2.24) is 0 Å². The SMILES string of the molecule is Cc1ccc(S(=O)(=O)C2=C(c3ccccc3)[C@@H]3[C@H]2[C@@H]2O[C@H]3c3ccccc32)cc1. The maximum absolute atomic E-state index is 13.7. The maximum atomic E-state index is 13.7. The van der Waals surface area contributed by atoms with Gasteiger partial charge in [0.15, 0.2) is 0 Å². The topological polar surface area (TPSA) is 43.4 Å². The molecule has 3 nitrogen and oxygen atoms in total. The number of ether oxygens (including phenoxy) is 1. The van der Waals surface area contributed by atoms with Crippen molar-refractivity contribution in [2.45, 2.75) is 24.0 Å². The van der Waals surface area contributed by atoms with Crippen molar-refractivity contribution in [2.24, 2.45) is 11.8 Å². The molecule has 3 aromatic rings. The molecule has 1 fully saturated rings. The molecule has 0 aromatic heterocycles. The van der Waals surface area contributed by atoms with Crippen LogP contribution in [0.2, 0.25) is 0 Å². The van der Waals surface area contributed by atoms with Crippen LogP contribution >= 0.6 is 0 Å². The zero-order chi connectivity index (χ0) is 19.8. The van der Waals surface area contributed by atoms with Gasteiger partial charge in [-0.15, -0.1) is 0 Å². The first kappa shape index (κ1) is 17.2. The van der Waals surface area contributed by atoms with E-state index in [0.717, 1.165) is 22.3 Å². The molecular formula is C25H20O3S. The molecule has 4 heteroatoms. The van der Waals surface area contributed by atoms with Crippen LogP contribution in [0.3, 0.4) is 0 Å². The monoisotopic (exact) mass is 400 g/mol. The Labute approximate surface area is 170 Å². The summed E-state index contributed by atoms with van der Waals surface area (Å²) >= 11 is 0. The molecular weight excluding hydrogens is 380 g/mol. The second-order valence-electron chi connectivity index (χ2n) is 8.12. The van der Waals surface area contributed by atoms with Crippen LogP contribution in [-0.4, -0.2) is 8.42 Å². The summed E-state index contributed by atoms with van der Waals surface area (Å²) in [5, 5.41) is 0. The largest absolute Gasteiger partial charge is 0.364 e. The molecule has 29 heavy (non-hydrogen) atoms. The van der Waals surface area contributed by atoms with E-state index in [4.69, 9.17) is 4.74 Å². The van der Waals surface area contributed by atoms with Gasteiger partial charge < -0.3 is 4.74 Å². The lowest BCUT2D eigenvalue weighted by Gasteiger charge is -2.42.